The van der Waals surface area contributed by atoms with Crippen LogP contribution in [-0.2, 0) is 10.1 Å². The van der Waals surface area contributed by atoms with Gasteiger partial charge in [-0.2, -0.15) is 8.42 Å². The predicted octanol–water partition coefficient (Wildman–Crippen LogP) is 1.57. The highest BCUT2D eigenvalue weighted by Gasteiger charge is 2.21. The summed E-state index contributed by atoms with van der Waals surface area (Å²) in [4.78, 5) is -0.123. The molecule has 7 heteroatoms. The van der Waals surface area contributed by atoms with E-state index in [1.54, 1.807) is 6.07 Å². The second kappa shape index (κ2) is 4.69. The van der Waals surface area contributed by atoms with E-state index >= 15 is 0 Å². The third-order valence-corrected chi connectivity index (χ3v) is 3.50. The normalized spacial score (nSPS) is 11.2. The molecule has 0 heterocycles. The predicted molar refractivity (Wildman–Crippen MR) is 65.7 cm³/mol. The van der Waals surface area contributed by atoms with E-state index in [2.05, 4.69) is 4.18 Å². The van der Waals surface area contributed by atoms with Gasteiger partial charge in [-0.25, -0.2) is 0 Å². The monoisotopic (exact) mass is 282 g/mol. The molecule has 0 aliphatic carbocycles. The second-order valence-electron chi connectivity index (χ2n) is 3.66. The van der Waals surface area contributed by atoms with Crippen molar-refractivity contribution < 1.29 is 27.9 Å². The summed E-state index contributed by atoms with van der Waals surface area (Å²) in [6.07, 6.45) is 0. The first kappa shape index (κ1) is 13.0. The van der Waals surface area contributed by atoms with Crippen molar-refractivity contribution in [2.24, 2.45) is 0 Å². The summed E-state index contributed by atoms with van der Waals surface area (Å²) in [6, 6.07) is 8.98. The molecule has 0 fully saturated rings. The molecule has 2 aromatic rings. The molecule has 19 heavy (non-hydrogen) atoms. The highest BCUT2D eigenvalue weighted by atomic mass is 32.2. The van der Waals surface area contributed by atoms with Crippen LogP contribution in [0.3, 0.4) is 0 Å². The lowest BCUT2D eigenvalue weighted by Gasteiger charge is -2.10. The van der Waals surface area contributed by atoms with Crippen molar-refractivity contribution >= 4 is 10.1 Å². The summed E-state index contributed by atoms with van der Waals surface area (Å²) >= 11 is 0. The zero-order valence-electron chi connectivity index (χ0n) is 9.52. The number of hydrogen-bond acceptors (Lipinski definition) is 6. The molecule has 100 valence electrons. The van der Waals surface area contributed by atoms with E-state index in [0.29, 0.717) is 0 Å². The molecular formula is C12H10O6S. The maximum Gasteiger partial charge on any atom is 0.339 e. The molecule has 0 atom stereocenters. The van der Waals surface area contributed by atoms with Gasteiger partial charge in [-0.15, -0.1) is 0 Å². The highest BCUT2D eigenvalue weighted by molar-refractivity contribution is 7.87. The van der Waals surface area contributed by atoms with Crippen molar-refractivity contribution in [1.82, 2.24) is 0 Å². The molecule has 0 spiro atoms. The molecule has 0 unspecified atom stereocenters. The molecule has 2 aromatic carbocycles. The van der Waals surface area contributed by atoms with Crippen molar-refractivity contribution in [3.05, 3.63) is 42.5 Å². The van der Waals surface area contributed by atoms with E-state index in [-0.39, 0.29) is 4.90 Å². The Morgan fingerprint density at radius 2 is 1.42 bits per heavy atom. The fourth-order valence-electron chi connectivity index (χ4n) is 1.41. The molecule has 0 bridgehead atoms. The molecule has 3 N–H and O–H groups in total. The van der Waals surface area contributed by atoms with Crippen LogP contribution in [0.25, 0.3) is 0 Å². The van der Waals surface area contributed by atoms with Crippen LogP contribution in [0.1, 0.15) is 0 Å². The molecule has 0 aliphatic heterocycles. The van der Waals surface area contributed by atoms with Gasteiger partial charge in [0.1, 0.15) is 10.6 Å². The number of benzene rings is 2. The zero-order chi connectivity index (χ0) is 14.0. The van der Waals surface area contributed by atoms with Crippen molar-refractivity contribution in [3.63, 3.8) is 0 Å². The van der Waals surface area contributed by atoms with Crippen molar-refractivity contribution in [2.75, 3.05) is 0 Å². The Balaban J connectivity index is 2.42. The molecule has 0 radical (unpaired) electrons. The lowest BCUT2D eigenvalue weighted by molar-refractivity contribution is 0.385. The van der Waals surface area contributed by atoms with E-state index in [1.807, 2.05) is 0 Å². The quantitative estimate of drug-likeness (QED) is 0.738. The van der Waals surface area contributed by atoms with Crippen molar-refractivity contribution in [2.45, 2.75) is 4.90 Å². The fraction of sp³-hybridized carbons (Fsp3) is 0. The Bertz CT molecular complexity index is 670. The Morgan fingerprint density at radius 1 is 0.895 bits per heavy atom. The minimum absolute atomic E-state index is 0.123. The fourth-order valence-corrected chi connectivity index (χ4v) is 2.39. The third-order valence-electron chi connectivity index (χ3n) is 2.26. The van der Waals surface area contributed by atoms with Gasteiger partial charge in [0.25, 0.3) is 0 Å². The molecule has 0 aromatic heterocycles. The van der Waals surface area contributed by atoms with Gasteiger partial charge < -0.3 is 19.5 Å². The number of phenols is 3. The van der Waals surface area contributed by atoms with Gasteiger partial charge in [-0.05, 0) is 12.1 Å². The SMILES string of the molecule is O=S(=O)(Oc1c(O)cc(O)cc1O)c1ccccc1. The van der Waals surface area contributed by atoms with Crippen LogP contribution in [0.15, 0.2) is 47.4 Å². The third kappa shape index (κ3) is 2.71. The van der Waals surface area contributed by atoms with E-state index in [9.17, 15) is 18.6 Å². The van der Waals surface area contributed by atoms with Crippen LogP contribution in [0.2, 0.25) is 0 Å². The maximum atomic E-state index is 11.9. The van der Waals surface area contributed by atoms with E-state index in [1.165, 1.54) is 24.3 Å². The summed E-state index contributed by atoms with van der Waals surface area (Å²) in [5.41, 5.74) is 0. The lowest BCUT2D eigenvalue weighted by atomic mass is 10.3. The molecule has 0 saturated heterocycles. The van der Waals surface area contributed by atoms with Crippen LogP contribution in [0, 0.1) is 0 Å². The summed E-state index contributed by atoms with van der Waals surface area (Å²) in [5, 5.41) is 28.1. The van der Waals surface area contributed by atoms with Gasteiger partial charge in [0.05, 0.1) is 0 Å². The largest absolute Gasteiger partial charge is 0.508 e. The number of aromatic hydroxyl groups is 3. The Labute approximate surface area is 109 Å². The summed E-state index contributed by atoms with van der Waals surface area (Å²) in [5.74, 6) is -2.42. The maximum absolute atomic E-state index is 11.9. The van der Waals surface area contributed by atoms with E-state index in [0.717, 1.165) is 12.1 Å². The first-order valence-corrected chi connectivity index (χ1v) is 6.55. The van der Waals surface area contributed by atoms with Crippen molar-refractivity contribution in [1.29, 1.82) is 0 Å². The summed E-state index contributed by atoms with van der Waals surface area (Å²) < 4.78 is 28.4. The highest BCUT2D eigenvalue weighted by Crippen LogP contribution is 2.40. The summed E-state index contributed by atoms with van der Waals surface area (Å²) in [7, 11) is -4.17. The van der Waals surface area contributed by atoms with Gasteiger partial charge in [-0.1, -0.05) is 18.2 Å². The van der Waals surface area contributed by atoms with Gasteiger partial charge in [0.2, 0.25) is 5.75 Å². The Kier molecular flexibility index (Phi) is 3.22. The van der Waals surface area contributed by atoms with Gasteiger partial charge in [0.15, 0.2) is 11.5 Å². The molecule has 0 saturated carbocycles. The lowest BCUT2D eigenvalue weighted by Crippen LogP contribution is -2.09. The van der Waals surface area contributed by atoms with Crippen LogP contribution in [0.4, 0.5) is 0 Å². The minimum Gasteiger partial charge on any atom is -0.508 e. The molecular weight excluding hydrogens is 272 g/mol. The molecule has 2 rings (SSSR count). The van der Waals surface area contributed by atoms with Crippen LogP contribution in [-0.4, -0.2) is 23.7 Å². The van der Waals surface area contributed by atoms with E-state index < -0.39 is 33.1 Å². The Morgan fingerprint density at radius 3 is 1.95 bits per heavy atom. The first-order chi connectivity index (χ1) is 8.90. The van der Waals surface area contributed by atoms with E-state index in [4.69, 9.17) is 5.11 Å². The smallest absolute Gasteiger partial charge is 0.339 e. The second-order valence-corrected chi connectivity index (χ2v) is 5.21. The molecule has 0 amide bonds. The van der Waals surface area contributed by atoms with Gasteiger partial charge in [-0.3, -0.25) is 0 Å². The number of hydrogen-bond donors (Lipinski definition) is 3. The topological polar surface area (TPSA) is 104 Å². The van der Waals surface area contributed by atoms with Crippen LogP contribution in [0.5, 0.6) is 23.0 Å². The molecule has 0 aliphatic rings. The minimum atomic E-state index is -4.17. The molecule has 6 nitrogen and oxygen atoms in total. The average molecular weight is 282 g/mol. The van der Waals surface area contributed by atoms with Crippen LogP contribution >= 0.6 is 0 Å². The summed E-state index contributed by atoms with van der Waals surface area (Å²) in [6.45, 7) is 0. The number of rotatable bonds is 3. The number of phenolic OH excluding ortho intramolecular Hbond substituents is 3. The zero-order valence-corrected chi connectivity index (χ0v) is 10.3. The first-order valence-electron chi connectivity index (χ1n) is 5.14. The average Bonchev–Trinajstić information content (AvgIpc) is 2.35. The van der Waals surface area contributed by atoms with Gasteiger partial charge in [0, 0.05) is 12.1 Å². The van der Waals surface area contributed by atoms with Gasteiger partial charge >= 0.3 is 10.1 Å². The van der Waals surface area contributed by atoms with Crippen LogP contribution < -0.4 is 4.18 Å². The Hall–Kier alpha value is -2.41. The standard InChI is InChI=1S/C12H10O6S/c13-8-6-10(14)12(11(15)7-8)18-19(16,17)9-4-2-1-3-5-9/h1-7,13-15H. The van der Waals surface area contributed by atoms with Crippen molar-refractivity contribution in [3.8, 4) is 23.0 Å².